The number of carbonyl (C=O) groups is 1. The van der Waals surface area contributed by atoms with Crippen molar-refractivity contribution < 1.29 is 13.9 Å². The van der Waals surface area contributed by atoms with E-state index in [9.17, 15) is 14.4 Å². The maximum absolute atomic E-state index is 14.5. The zero-order chi connectivity index (χ0) is 19.5. The Morgan fingerprint density at radius 1 is 1.32 bits per heavy atom. The predicted octanol–water partition coefficient (Wildman–Crippen LogP) is 1.65. The molecule has 4 rings (SSSR count). The molecular formula is C21H27FN4O2. The highest BCUT2D eigenvalue weighted by molar-refractivity contribution is 5.83. The van der Waals surface area contributed by atoms with Crippen LogP contribution >= 0.6 is 0 Å². The number of benzene rings is 1. The Labute approximate surface area is 164 Å². The quantitative estimate of drug-likeness (QED) is 0.692. The smallest absolute Gasteiger partial charge is 0.238 e. The zero-order valence-electron chi connectivity index (χ0n) is 15.9. The molecule has 0 unspecified atom stereocenters. The Balaban J connectivity index is 1.34. The molecule has 4 atom stereocenters. The monoisotopic (exact) mass is 386 g/mol. The fraction of sp³-hybridized carbons (Fsp3) is 0.619. The van der Waals surface area contributed by atoms with Crippen LogP contribution in [0.25, 0.3) is 0 Å². The molecule has 6 nitrogen and oxygen atoms in total. The van der Waals surface area contributed by atoms with Crippen molar-refractivity contribution >= 4 is 5.91 Å². The van der Waals surface area contributed by atoms with Crippen molar-refractivity contribution in [1.29, 1.82) is 5.26 Å². The molecule has 150 valence electrons. The van der Waals surface area contributed by atoms with E-state index in [0.717, 1.165) is 45.2 Å². The number of piperidine rings is 2. The standard InChI is InChI=1S/C21H27FN4O2/c22-19-11-18(28-17-5-7-24-8-6-17)4-2-13(19)9-16(12-23)26-21(27)20-14-1-3-15(10-14)25-20/h2,4,11,14-17,20,24-25H,1,3,5-10H2,(H,26,27)/t14-,15+,16-,20-/m0/s1. The Morgan fingerprint density at radius 3 is 2.79 bits per heavy atom. The van der Waals surface area contributed by atoms with Gasteiger partial charge in [0.05, 0.1) is 12.1 Å². The molecule has 2 heterocycles. The summed E-state index contributed by atoms with van der Waals surface area (Å²) >= 11 is 0. The van der Waals surface area contributed by atoms with Gasteiger partial charge in [0.2, 0.25) is 5.91 Å². The van der Waals surface area contributed by atoms with Gasteiger partial charge in [-0.05, 0) is 62.7 Å². The molecule has 3 aliphatic rings. The summed E-state index contributed by atoms with van der Waals surface area (Å²) in [6.07, 6.45) is 5.26. The highest BCUT2D eigenvalue weighted by Gasteiger charge is 2.43. The first-order valence-electron chi connectivity index (χ1n) is 10.2. The van der Waals surface area contributed by atoms with Crippen molar-refractivity contribution in [1.82, 2.24) is 16.0 Å². The summed E-state index contributed by atoms with van der Waals surface area (Å²) < 4.78 is 20.4. The largest absolute Gasteiger partial charge is 0.490 e. The van der Waals surface area contributed by atoms with E-state index in [1.165, 1.54) is 6.07 Å². The molecule has 7 heteroatoms. The fourth-order valence-corrected chi connectivity index (χ4v) is 4.63. The number of nitriles is 1. The number of nitrogens with one attached hydrogen (secondary N) is 3. The van der Waals surface area contributed by atoms with E-state index in [1.54, 1.807) is 12.1 Å². The summed E-state index contributed by atoms with van der Waals surface area (Å²) in [5.74, 6) is 0.313. The minimum absolute atomic E-state index is 0.104. The number of ether oxygens (including phenoxy) is 1. The van der Waals surface area contributed by atoms with E-state index in [2.05, 4.69) is 22.0 Å². The van der Waals surface area contributed by atoms with Gasteiger partial charge in [-0.3, -0.25) is 4.79 Å². The van der Waals surface area contributed by atoms with Crippen molar-refractivity contribution in [3.05, 3.63) is 29.6 Å². The normalized spacial score (nSPS) is 27.9. The summed E-state index contributed by atoms with van der Waals surface area (Å²) in [6.45, 7) is 1.82. The molecule has 1 amide bonds. The summed E-state index contributed by atoms with van der Waals surface area (Å²) in [4.78, 5) is 12.5. The highest BCUT2D eigenvalue weighted by Crippen LogP contribution is 2.35. The number of halogens is 1. The number of carbonyl (C=O) groups excluding carboxylic acids is 1. The van der Waals surface area contributed by atoms with Crippen molar-refractivity contribution in [2.24, 2.45) is 5.92 Å². The van der Waals surface area contributed by atoms with Gasteiger partial charge in [0.25, 0.3) is 0 Å². The number of rotatable bonds is 6. The van der Waals surface area contributed by atoms with Gasteiger partial charge in [-0.25, -0.2) is 4.39 Å². The lowest BCUT2D eigenvalue weighted by Gasteiger charge is -2.24. The molecule has 1 saturated carbocycles. The van der Waals surface area contributed by atoms with Gasteiger partial charge < -0.3 is 20.7 Å². The Kier molecular flexibility index (Phi) is 5.79. The first-order chi connectivity index (χ1) is 13.6. The van der Waals surface area contributed by atoms with Crippen molar-refractivity contribution in [3.8, 4) is 11.8 Å². The fourth-order valence-electron chi connectivity index (χ4n) is 4.63. The topological polar surface area (TPSA) is 86.2 Å². The van der Waals surface area contributed by atoms with Gasteiger partial charge >= 0.3 is 0 Å². The van der Waals surface area contributed by atoms with Crippen molar-refractivity contribution in [2.45, 2.75) is 62.8 Å². The third-order valence-corrected chi connectivity index (χ3v) is 6.15. The van der Waals surface area contributed by atoms with Gasteiger partial charge in [-0.2, -0.15) is 5.26 Å². The van der Waals surface area contributed by atoms with E-state index in [1.807, 2.05) is 0 Å². The Bertz CT molecular complexity index is 759. The zero-order valence-corrected chi connectivity index (χ0v) is 15.9. The highest BCUT2D eigenvalue weighted by atomic mass is 19.1. The van der Waals surface area contributed by atoms with Crippen LogP contribution in [-0.4, -0.2) is 43.2 Å². The van der Waals surface area contributed by atoms with E-state index >= 15 is 0 Å². The molecule has 28 heavy (non-hydrogen) atoms. The first kappa shape index (κ1) is 19.2. The van der Waals surface area contributed by atoms with Crippen LogP contribution in [0, 0.1) is 23.1 Å². The third-order valence-electron chi connectivity index (χ3n) is 6.15. The third kappa shape index (κ3) is 4.29. The summed E-state index contributed by atoms with van der Waals surface area (Å²) in [5, 5.41) is 18.8. The number of amides is 1. The van der Waals surface area contributed by atoms with Crippen LogP contribution in [0.2, 0.25) is 0 Å². The first-order valence-corrected chi connectivity index (χ1v) is 10.2. The second-order valence-corrected chi connectivity index (χ2v) is 8.13. The number of hydrogen-bond acceptors (Lipinski definition) is 5. The summed E-state index contributed by atoms with van der Waals surface area (Å²) in [5.41, 5.74) is 0.408. The number of hydrogen-bond donors (Lipinski definition) is 3. The molecular weight excluding hydrogens is 359 g/mol. The summed E-state index contributed by atoms with van der Waals surface area (Å²) in [6, 6.07) is 6.32. The molecule has 3 fully saturated rings. The second-order valence-electron chi connectivity index (χ2n) is 8.13. The Hall–Kier alpha value is -2.17. The molecule has 1 aromatic rings. The molecule has 1 aliphatic carbocycles. The number of nitrogens with zero attached hydrogens (tertiary/aromatic N) is 1. The summed E-state index contributed by atoms with van der Waals surface area (Å²) in [7, 11) is 0. The predicted molar refractivity (Wildman–Crippen MR) is 102 cm³/mol. The molecule has 0 radical (unpaired) electrons. The molecule has 0 aromatic heterocycles. The van der Waals surface area contributed by atoms with Gasteiger partial charge in [-0.1, -0.05) is 6.07 Å². The molecule has 2 aliphatic heterocycles. The SMILES string of the molecule is N#C[C@H](Cc1ccc(OC2CCNCC2)cc1F)NC(=O)[C@H]1N[C@@H]2CC[C@H]1C2. The lowest BCUT2D eigenvalue weighted by molar-refractivity contribution is -0.124. The van der Waals surface area contributed by atoms with Crippen LogP contribution < -0.4 is 20.7 Å². The van der Waals surface area contributed by atoms with Gasteiger partial charge in [0.15, 0.2) is 0 Å². The minimum Gasteiger partial charge on any atom is -0.490 e. The van der Waals surface area contributed by atoms with Crippen LogP contribution in [0.1, 0.15) is 37.7 Å². The average Bonchev–Trinajstić information content (AvgIpc) is 3.34. The molecule has 2 bridgehead atoms. The van der Waals surface area contributed by atoms with E-state index in [0.29, 0.717) is 23.3 Å². The van der Waals surface area contributed by atoms with E-state index < -0.39 is 11.9 Å². The van der Waals surface area contributed by atoms with Crippen LogP contribution in [0.3, 0.4) is 0 Å². The lowest BCUT2D eigenvalue weighted by atomic mass is 9.98. The van der Waals surface area contributed by atoms with E-state index in [-0.39, 0.29) is 24.5 Å². The maximum atomic E-state index is 14.5. The molecule has 0 spiro atoms. The van der Waals surface area contributed by atoms with Crippen molar-refractivity contribution in [3.63, 3.8) is 0 Å². The van der Waals surface area contributed by atoms with Crippen molar-refractivity contribution in [2.75, 3.05) is 13.1 Å². The van der Waals surface area contributed by atoms with Gasteiger partial charge in [-0.15, -0.1) is 0 Å². The van der Waals surface area contributed by atoms with Gasteiger partial charge in [0, 0.05) is 18.5 Å². The van der Waals surface area contributed by atoms with Crippen LogP contribution in [-0.2, 0) is 11.2 Å². The molecule has 2 saturated heterocycles. The van der Waals surface area contributed by atoms with E-state index in [4.69, 9.17) is 4.74 Å². The van der Waals surface area contributed by atoms with Crippen LogP contribution in [0.4, 0.5) is 4.39 Å². The maximum Gasteiger partial charge on any atom is 0.238 e. The average molecular weight is 386 g/mol. The lowest BCUT2D eigenvalue weighted by Crippen LogP contribution is -2.50. The van der Waals surface area contributed by atoms with Crippen LogP contribution in [0.15, 0.2) is 18.2 Å². The minimum atomic E-state index is -0.751. The number of fused-ring (bicyclic) bond motifs is 2. The van der Waals surface area contributed by atoms with Crippen LogP contribution in [0.5, 0.6) is 5.75 Å². The molecule has 3 N–H and O–H groups in total. The van der Waals surface area contributed by atoms with Gasteiger partial charge in [0.1, 0.15) is 23.7 Å². The molecule has 1 aromatic carbocycles. The second kappa shape index (κ2) is 8.46. The Morgan fingerprint density at radius 2 is 2.14 bits per heavy atom.